The van der Waals surface area contributed by atoms with Gasteiger partial charge in [0.05, 0.1) is 13.1 Å². The van der Waals surface area contributed by atoms with Gasteiger partial charge < -0.3 is 15.9 Å². The third kappa shape index (κ3) is 2.86. The molecule has 3 rings (SSSR count). The summed E-state index contributed by atoms with van der Waals surface area (Å²) in [6, 6.07) is 0.571. The molecule has 26 heavy (non-hydrogen) atoms. The van der Waals surface area contributed by atoms with Crippen LogP contribution in [0.1, 0.15) is 0 Å². The van der Waals surface area contributed by atoms with Crippen molar-refractivity contribution in [3.8, 4) is 11.5 Å². The fourth-order valence-corrected chi connectivity index (χ4v) is 3.58. The first-order valence-corrected chi connectivity index (χ1v) is 8.80. The van der Waals surface area contributed by atoms with E-state index in [1.165, 1.54) is 6.07 Å². The van der Waals surface area contributed by atoms with Crippen LogP contribution in [0.5, 0.6) is 11.5 Å². The smallest absolute Gasteiger partial charge is 0.339 e. The topological polar surface area (TPSA) is 174 Å². The number of aromatic hydroxyl groups is 2. The maximum Gasteiger partial charge on any atom is 0.339 e. The van der Waals surface area contributed by atoms with Gasteiger partial charge in [-0.15, -0.1) is 0 Å². The Kier molecular flexibility index (Phi) is 4.12. The SMILES string of the molecule is N[C@H]1CN(C(=O)NS(=O)(=O)N2CCN(c3ccc(O)c(O)c3)C2=O)C1=O. The second kappa shape index (κ2) is 6.03. The minimum absolute atomic E-state index is 0.0360. The average molecular weight is 385 g/mol. The van der Waals surface area contributed by atoms with E-state index in [1.807, 2.05) is 0 Å². The Balaban J connectivity index is 1.73. The Morgan fingerprint density at radius 3 is 2.46 bits per heavy atom. The molecule has 140 valence electrons. The molecule has 2 aliphatic heterocycles. The number of nitrogens with two attached hydrogens (primary N) is 1. The molecule has 0 radical (unpaired) electrons. The number of phenols is 2. The van der Waals surface area contributed by atoms with Crippen LogP contribution >= 0.6 is 0 Å². The van der Waals surface area contributed by atoms with Crippen LogP contribution in [0.3, 0.4) is 0 Å². The molecule has 5 amide bonds. The average Bonchev–Trinajstić information content (AvgIpc) is 2.96. The van der Waals surface area contributed by atoms with Crippen molar-refractivity contribution < 1.29 is 33.0 Å². The number of amides is 5. The van der Waals surface area contributed by atoms with E-state index in [9.17, 15) is 33.0 Å². The van der Waals surface area contributed by atoms with Crippen molar-refractivity contribution >= 4 is 33.9 Å². The normalized spacial score (nSPS) is 20.3. The van der Waals surface area contributed by atoms with Crippen molar-refractivity contribution in [3.63, 3.8) is 0 Å². The van der Waals surface area contributed by atoms with Gasteiger partial charge in [0, 0.05) is 18.3 Å². The molecule has 0 aliphatic carbocycles. The van der Waals surface area contributed by atoms with E-state index in [0.29, 0.717) is 9.21 Å². The van der Waals surface area contributed by atoms with Crippen LogP contribution in [0, 0.1) is 0 Å². The number of carbonyl (C=O) groups excluding carboxylic acids is 3. The van der Waals surface area contributed by atoms with Gasteiger partial charge in [-0.1, -0.05) is 0 Å². The lowest BCUT2D eigenvalue weighted by atomic mass is 10.1. The first kappa shape index (κ1) is 17.8. The number of imide groups is 1. The molecule has 2 fully saturated rings. The number of hydrogen-bond donors (Lipinski definition) is 4. The monoisotopic (exact) mass is 385 g/mol. The fourth-order valence-electron chi connectivity index (χ4n) is 2.52. The van der Waals surface area contributed by atoms with E-state index in [-0.39, 0.29) is 25.3 Å². The molecule has 2 saturated heterocycles. The highest BCUT2D eigenvalue weighted by Crippen LogP contribution is 2.31. The molecule has 1 aromatic carbocycles. The summed E-state index contributed by atoms with van der Waals surface area (Å²) in [5.74, 6) is -1.58. The van der Waals surface area contributed by atoms with Crippen molar-refractivity contribution in [2.24, 2.45) is 5.73 Å². The third-order valence-electron chi connectivity index (χ3n) is 3.96. The van der Waals surface area contributed by atoms with Crippen molar-refractivity contribution in [2.45, 2.75) is 6.04 Å². The lowest BCUT2D eigenvalue weighted by Crippen LogP contribution is -2.66. The highest BCUT2D eigenvalue weighted by atomic mass is 32.2. The lowest BCUT2D eigenvalue weighted by Gasteiger charge is -2.34. The molecule has 13 heteroatoms. The number of benzene rings is 1. The van der Waals surface area contributed by atoms with E-state index in [1.54, 1.807) is 4.72 Å². The molecule has 0 saturated carbocycles. The molecule has 1 atom stereocenters. The predicted molar refractivity (Wildman–Crippen MR) is 86.4 cm³/mol. The number of β-lactam (4-membered cyclic amide) rings is 1. The van der Waals surface area contributed by atoms with Crippen LogP contribution in [-0.2, 0) is 15.0 Å². The first-order valence-electron chi connectivity index (χ1n) is 7.36. The summed E-state index contributed by atoms with van der Waals surface area (Å²) in [4.78, 5) is 37.3. The molecule has 1 aromatic rings. The number of urea groups is 2. The van der Waals surface area contributed by atoms with Gasteiger partial charge in [0.15, 0.2) is 11.5 Å². The number of nitrogens with zero attached hydrogens (tertiary/aromatic N) is 3. The largest absolute Gasteiger partial charge is 0.504 e. The van der Waals surface area contributed by atoms with Crippen LogP contribution in [0.15, 0.2) is 18.2 Å². The predicted octanol–water partition coefficient (Wildman–Crippen LogP) is -1.54. The van der Waals surface area contributed by atoms with Gasteiger partial charge in [-0.05, 0) is 12.1 Å². The summed E-state index contributed by atoms with van der Waals surface area (Å²) in [6.07, 6.45) is 0. The van der Waals surface area contributed by atoms with Gasteiger partial charge in [-0.2, -0.15) is 8.42 Å². The molecule has 12 nitrogen and oxygen atoms in total. The Hall–Kier alpha value is -3.06. The van der Waals surface area contributed by atoms with E-state index in [0.717, 1.165) is 17.0 Å². The van der Waals surface area contributed by atoms with Gasteiger partial charge in [-0.3, -0.25) is 14.6 Å². The zero-order chi connectivity index (χ0) is 19.2. The molecule has 5 N–H and O–H groups in total. The fraction of sp³-hybridized carbons (Fsp3) is 0.308. The summed E-state index contributed by atoms with van der Waals surface area (Å²) in [5.41, 5.74) is 5.50. The molecule has 2 aliphatic rings. The summed E-state index contributed by atoms with van der Waals surface area (Å²) in [5, 5.41) is 18.8. The van der Waals surface area contributed by atoms with Gasteiger partial charge in [0.1, 0.15) is 6.04 Å². The first-order chi connectivity index (χ1) is 12.1. The standard InChI is InChI=1S/C13H15N5O7S/c14-8-6-17(11(8)21)12(22)15-26(24,25)18-4-3-16(13(18)23)7-1-2-9(19)10(20)5-7/h1-2,5,8,19-20H,3-4,6,14H2,(H,15,22)/t8-/m0/s1. The zero-order valence-electron chi connectivity index (χ0n) is 13.2. The number of likely N-dealkylation sites (tertiary alicyclic amines) is 1. The Morgan fingerprint density at radius 2 is 1.88 bits per heavy atom. The summed E-state index contributed by atoms with van der Waals surface area (Å²) in [7, 11) is -4.53. The third-order valence-corrected chi connectivity index (χ3v) is 5.31. The quantitative estimate of drug-likeness (QED) is 0.358. The number of nitrogens with one attached hydrogen (secondary N) is 1. The van der Waals surface area contributed by atoms with Crippen molar-refractivity contribution in [1.82, 2.24) is 13.9 Å². The van der Waals surface area contributed by atoms with Crippen molar-refractivity contribution in [1.29, 1.82) is 0 Å². The minimum Gasteiger partial charge on any atom is -0.504 e. The summed E-state index contributed by atoms with van der Waals surface area (Å²) >= 11 is 0. The number of hydrogen-bond acceptors (Lipinski definition) is 8. The van der Waals surface area contributed by atoms with Gasteiger partial charge in [0.25, 0.3) is 0 Å². The summed E-state index contributed by atoms with van der Waals surface area (Å²) < 4.78 is 26.6. The maximum atomic E-state index is 12.4. The molecular formula is C13H15N5O7S. The molecule has 2 heterocycles. The van der Waals surface area contributed by atoms with Gasteiger partial charge in [0.2, 0.25) is 5.91 Å². The van der Waals surface area contributed by atoms with E-state index in [2.05, 4.69) is 0 Å². The number of anilines is 1. The molecule has 0 bridgehead atoms. The Bertz CT molecular complexity index is 902. The molecular weight excluding hydrogens is 370 g/mol. The van der Waals surface area contributed by atoms with Crippen LogP contribution in [0.4, 0.5) is 15.3 Å². The number of phenolic OH excluding ortho intramolecular Hbond substituents is 2. The maximum absolute atomic E-state index is 12.4. The van der Waals surface area contributed by atoms with Gasteiger partial charge in [-0.25, -0.2) is 18.6 Å². The Morgan fingerprint density at radius 1 is 1.19 bits per heavy atom. The molecule has 0 spiro atoms. The second-order valence-electron chi connectivity index (χ2n) is 5.65. The van der Waals surface area contributed by atoms with Crippen LogP contribution in [0.2, 0.25) is 0 Å². The minimum atomic E-state index is -4.53. The van der Waals surface area contributed by atoms with E-state index < -0.39 is 45.7 Å². The van der Waals surface area contributed by atoms with Crippen molar-refractivity contribution in [3.05, 3.63) is 18.2 Å². The lowest BCUT2D eigenvalue weighted by molar-refractivity contribution is -0.137. The van der Waals surface area contributed by atoms with Gasteiger partial charge >= 0.3 is 22.3 Å². The molecule has 0 aromatic heterocycles. The zero-order valence-corrected chi connectivity index (χ0v) is 14.0. The highest BCUT2D eigenvalue weighted by Gasteiger charge is 2.43. The number of rotatable bonds is 3. The Labute approximate surface area is 147 Å². The molecule has 0 unspecified atom stereocenters. The van der Waals surface area contributed by atoms with Crippen LogP contribution in [0.25, 0.3) is 0 Å². The number of carbonyl (C=O) groups is 3. The van der Waals surface area contributed by atoms with E-state index in [4.69, 9.17) is 5.73 Å². The summed E-state index contributed by atoms with van der Waals surface area (Å²) in [6.45, 7) is -0.407. The van der Waals surface area contributed by atoms with Crippen LogP contribution in [-0.4, -0.2) is 71.5 Å². The highest BCUT2D eigenvalue weighted by molar-refractivity contribution is 7.88. The second-order valence-corrected chi connectivity index (χ2v) is 7.24. The van der Waals surface area contributed by atoms with Crippen molar-refractivity contribution in [2.75, 3.05) is 24.5 Å². The van der Waals surface area contributed by atoms with Crippen LogP contribution < -0.4 is 15.4 Å². The van der Waals surface area contributed by atoms with E-state index >= 15 is 0 Å².